The highest BCUT2D eigenvalue weighted by Gasteiger charge is 2.25. The molecule has 0 unspecified atom stereocenters. The Morgan fingerprint density at radius 2 is 2.08 bits per heavy atom. The molecule has 0 atom stereocenters. The highest BCUT2D eigenvalue weighted by molar-refractivity contribution is 9.08. The van der Waals surface area contributed by atoms with Gasteiger partial charge in [0.25, 0.3) is 0 Å². The van der Waals surface area contributed by atoms with Crippen LogP contribution in [0.3, 0.4) is 0 Å². The van der Waals surface area contributed by atoms with E-state index in [4.69, 9.17) is 21.1 Å². The molecule has 1 aromatic heterocycles. The first-order valence-electron chi connectivity index (χ1n) is 7.47. The van der Waals surface area contributed by atoms with Crippen molar-refractivity contribution in [2.45, 2.75) is 30.4 Å². The van der Waals surface area contributed by atoms with Crippen LogP contribution in [0.1, 0.15) is 29.9 Å². The van der Waals surface area contributed by atoms with Crippen LogP contribution in [0, 0.1) is 0 Å². The SMILES string of the molecule is COc1cccc(Cl)c1-c1nc(SC)nc(C(=O)OC(C)C)c1CBr. The molecule has 0 fully saturated rings. The van der Waals surface area contributed by atoms with Crippen molar-refractivity contribution in [2.24, 2.45) is 0 Å². The first kappa shape index (κ1) is 20.0. The molecule has 0 aliphatic carbocycles. The van der Waals surface area contributed by atoms with Gasteiger partial charge in [-0.05, 0) is 32.2 Å². The standard InChI is InChI=1S/C17H18BrClN2O3S/c1-9(2)24-16(22)15-10(8-18)14(20-17(21-15)25-4)13-11(19)6-5-7-12(13)23-3/h5-7,9H,8H2,1-4H3. The Bertz CT molecular complexity index is 787. The van der Waals surface area contributed by atoms with E-state index in [2.05, 4.69) is 25.9 Å². The van der Waals surface area contributed by atoms with Crippen LogP contribution in [-0.2, 0) is 10.1 Å². The molecule has 0 spiro atoms. The van der Waals surface area contributed by atoms with Crippen molar-refractivity contribution < 1.29 is 14.3 Å². The Labute approximate surface area is 164 Å². The largest absolute Gasteiger partial charge is 0.496 e. The number of thioether (sulfide) groups is 1. The van der Waals surface area contributed by atoms with Crippen LogP contribution >= 0.6 is 39.3 Å². The average Bonchev–Trinajstić information content (AvgIpc) is 2.59. The van der Waals surface area contributed by atoms with Gasteiger partial charge in [-0.3, -0.25) is 0 Å². The fourth-order valence-corrected chi connectivity index (χ4v) is 3.38. The lowest BCUT2D eigenvalue weighted by Crippen LogP contribution is -2.17. The van der Waals surface area contributed by atoms with Crippen LogP contribution in [-0.4, -0.2) is 35.4 Å². The van der Waals surface area contributed by atoms with Gasteiger partial charge >= 0.3 is 5.97 Å². The molecular formula is C17H18BrClN2O3S. The molecule has 0 radical (unpaired) electrons. The van der Waals surface area contributed by atoms with E-state index in [1.165, 1.54) is 11.8 Å². The summed E-state index contributed by atoms with van der Waals surface area (Å²) in [6, 6.07) is 5.35. The Morgan fingerprint density at radius 3 is 2.64 bits per heavy atom. The first-order chi connectivity index (χ1) is 11.9. The third kappa shape index (κ3) is 4.46. The monoisotopic (exact) mass is 444 g/mol. The van der Waals surface area contributed by atoms with Crippen molar-refractivity contribution >= 4 is 45.3 Å². The Morgan fingerprint density at radius 1 is 1.36 bits per heavy atom. The summed E-state index contributed by atoms with van der Waals surface area (Å²) in [5, 5.41) is 1.31. The smallest absolute Gasteiger partial charge is 0.357 e. The molecule has 5 nitrogen and oxygen atoms in total. The van der Waals surface area contributed by atoms with Crippen molar-refractivity contribution in [3.63, 3.8) is 0 Å². The zero-order valence-corrected chi connectivity index (χ0v) is 17.5. The van der Waals surface area contributed by atoms with Crippen LogP contribution in [0.15, 0.2) is 23.4 Å². The van der Waals surface area contributed by atoms with Crippen LogP contribution in [0.25, 0.3) is 11.3 Å². The molecule has 2 rings (SSSR count). The second kappa shape index (κ2) is 8.87. The minimum absolute atomic E-state index is 0.224. The number of ether oxygens (including phenoxy) is 2. The Balaban J connectivity index is 2.76. The van der Waals surface area contributed by atoms with Gasteiger partial charge in [-0.1, -0.05) is 45.4 Å². The number of halogens is 2. The summed E-state index contributed by atoms with van der Waals surface area (Å²) in [6.45, 7) is 3.58. The van der Waals surface area contributed by atoms with E-state index in [9.17, 15) is 4.79 Å². The molecule has 0 aliphatic heterocycles. The summed E-state index contributed by atoms with van der Waals surface area (Å²) < 4.78 is 10.8. The van der Waals surface area contributed by atoms with Gasteiger partial charge in [0.2, 0.25) is 0 Å². The summed E-state index contributed by atoms with van der Waals surface area (Å²) in [5.74, 6) is 0.0815. The Kier molecular flexibility index (Phi) is 7.10. The lowest BCUT2D eigenvalue weighted by Gasteiger charge is -2.16. The fraction of sp³-hybridized carbons (Fsp3) is 0.353. The fourth-order valence-electron chi connectivity index (χ4n) is 2.23. The van der Waals surface area contributed by atoms with Gasteiger partial charge in [-0.2, -0.15) is 0 Å². The molecule has 134 valence electrons. The zero-order valence-electron chi connectivity index (χ0n) is 14.3. The van der Waals surface area contributed by atoms with E-state index in [1.54, 1.807) is 39.2 Å². The number of alkyl halides is 1. The molecule has 1 aromatic carbocycles. The predicted molar refractivity (Wildman–Crippen MR) is 104 cm³/mol. The maximum Gasteiger partial charge on any atom is 0.357 e. The molecule has 0 N–H and O–H groups in total. The van der Waals surface area contributed by atoms with E-state index in [0.29, 0.717) is 38.1 Å². The third-order valence-corrected chi connectivity index (χ3v) is 4.69. The zero-order chi connectivity index (χ0) is 18.6. The number of nitrogens with zero attached hydrogens (tertiary/aromatic N) is 2. The van der Waals surface area contributed by atoms with Gasteiger partial charge in [0.15, 0.2) is 10.9 Å². The first-order valence-corrected chi connectivity index (χ1v) is 10.2. The van der Waals surface area contributed by atoms with Crippen molar-refractivity contribution in [3.05, 3.63) is 34.5 Å². The minimum Gasteiger partial charge on any atom is -0.496 e. The molecule has 8 heteroatoms. The number of rotatable bonds is 6. The molecule has 0 saturated carbocycles. The van der Waals surface area contributed by atoms with Crippen LogP contribution in [0.2, 0.25) is 5.02 Å². The average molecular weight is 446 g/mol. The third-order valence-electron chi connectivity index (χ3n) is 3.27. The number of carbonyl (C=O) groups excluding carboxylic acids is 1. The second-order valence-corrected chi connectivity index (χ2v) is 7.03. The lowest BCUT2D eigenvalue weighted by molar-refractivity contribution is 0.0368. The molecule has 1 heterocycles. The maximum absolute atomic E-state index is 12.5. The number of hydrogen-bond donors (Lipinski definition) is 0. The van der Waals surface area contributed by atoms with E-state index < -0.39 is 5.97 Å². The van der Waals surface area contributed by atoms with Crippen molar-refractivity contribution in [1.82, 2.24) is 9.97 Å². The van der Waals surface area contributed by atoms with Crippen LogP contribution in [0.4, 0.5) is 0 Å². The summed E-state index contributed by atoms with van der Waals surface area (Å²) in [7, 11) is 1.56. The molecule has 0 amide bonds. The van der Waals surface area contributed by atoms with Crippen LogP contribution < -0.4 is 4.74 Å². The predicted octanol–water partition coefficient (Wildman–Crippen LogP) is 4.99. The molecule has 25 heavy (non-hydrogen) atoms. The Hall–Kier alpha value is -1.31. The van der Waals surface area contributed by atoms with Gasteiger partial charge in [0.05, 0.1) is 29.5 Å². The molecular weight excluding hydrogens is 428 g/mol. The van der Waals surface area contributed by atoms with E-state index in [-0.39, 0.29) is 11.8 Å². The molecule has 0 aliphatic rings. The lowest BCUT2D eigenvalue weighted by atomic mass is 10.0. The number of aromatic nitrogens is 2. The van der Waals surface area contributed by atoms with Crippen molar-refractivity contribution in [3.8, 4) is 17.0 Å². The van der Waals surface area contributed by atoms with Gasteiger partial charge in [0, 0.05) is 10.9 Å². The highest BCUT2D eigenvalue weighted by atomic mass is 79.9. The van der Waals surface area contributed by atoms with Crippen LogP contribution in [0.5, 0.6) is 5.75 Å². The molecule has 2 aromatic rings. The van der Waals surface area contributed by atoms with E-state index >= 15 is 0 Å². The minimum atomic E-state index is -0.491. The molecule has 0 bridgehead atoms. The summed E-state index contributed by atoms with van der Waals surface area (Å²) in [6.07, 6.45) is 1.59. The number of esters is 1. The highest BCUT2D eigenvalue weighted by Crippen LogP contribution is 2.39. The topological polar surface area (TPSA) is 61.3 Å². The quantitative estimate of drug-likeness (QED) is 0.270. The summed E-state index contributed by atoms with van der Waals surface area (Å²) in [5.41, 5.74) is 2.00. The van der Waals surface area contributed by atoms with Crippen molar-refractivity contribution in [1.29, 1.82) is 0 Å². The second-order valence-electron chi connectivity index (χ2n) is 5.29. The van der Waals surface area contributed by atoms with E-state index in [0.717, 1.165) is 0 Å². The van der Waals surface area contributed by atoms with Gasteiger partial charge in [-0.25, -0.2) is 14.8 Å². The van der Waals surface area contributed by atoms with Gasteiger partial charge in [0.1, 0.15) is 5.75 Å². The van der Waals surface area contributed by atoms with Crippen molar-refractivity contribution in [2.75, 3.05) is 13.4 Å². The number of benzene rings is 1. The number of methoxy groups -OCH3 is 1. The summed E-state index contributed by atoms with van der Waals surface area (Å²) >= 11 is 11.2. The summed E-state index contributed by atoms with van der Waals surface area (Å²) in [4.78, 5) is 21.4. The van der Waals surface area contributed by atoms with Gasteiger partial charge < -0.3 is 9.47 Å². The number of carbonyl (C=O) groups is 1. The molecule has 0 saturated heterocycles. The number of hydrogen-bond acceptors (Lipinski definition) is 6. The van der Waals surface area contributed by atoms with Gasteiger partial charge in [-0.15, -0.1) is 0 Å². The normalized spacial score (nSPS) is 10.8. The maximum atomic E-state index is 12.5. The van der Waals surface area contributed by atoms with E-state index in [1.807, 2.05) is 6.26 Å².